The van der Waals surface area contributed by atoms with Crippen molar-refractivity contribution >= 4 is 28.6 Å². The zero-order valence-electron chi connectivity index (χ0n) is 19.2. The summed E-state index contributed by atoms with van der Waals surface area (Å²) in [7, 11) is 0. The molecule has 0 radical (unpaired) electrons. The van der Waals surface area contributed by atoms with Crippen LogP contribution in [0.4, 0.5) is 5.69 Å². The van der Waals surface area contributed by atoms with E-state index in [1.165, 1.54) is 21.8 Å². The standard InChI is InChI=1S/C26H28N4O2S/c1-4-30(5-2)14-15-32-26(31)21-10-12-23(13-11-21)28-17-22(16-27)25-29-24(18-33-25)20-8-6-19(3)7-9-20/h6-13,17-18,28H,4-5,14-15H2,1-3H3/p+1/b22-17-. The molecule has 0 unspecified atom stereocenters. The van der Waals surface area contributed by atoms with E-state index >= 15 is 0 Å². The lowest BCUT2D eigenvalue weighted by Gasteiger charge is -2.15. The van der Waals surface area contributed by atoms with Gasteiger partial charge in [-0.2, -0.15) is 5.26 Å². The number of esters is 1. The summed E-state index contributed by atoms with van der Waals surface area (Å²) in [5, 5.41) is 15.3. The van der Waals surface area contributed by atoms with Crippen molar-refractivity contribution in [2.24, 2.45) is 0 Å². The van der Waals surface area contributed by atoms with Gasteiger partial charge in [0.25, 0.3) is 0 Å². The predicted molar refractivity (Wildman–Crippen MR) is 133 cm³/mol. The van der Waals surface area contributed by atoms with E-state index in [9.17, 15) is 10.1 Å². The molecule has 1 heterocycles. The molecule has 3 rings (SSSR count). The topological polar surface area (TPSA) is 79.5 Å². The highest BCUT2D eigenvalue weighted by atomic mass is 32.1. The summed E-state index contributed by atoms with van der Waals surface area (Å²) >= 11 is 1.43. The maximum Gasteiger partial charge on any atom is 0.338 e. The van der Waals surface area contributed by atoms with Gasteiger partial charge >= 0.3 is 5.97 Å². The minimum atomic E-state index is -0.326. The number of thiazole rings is 1. The summed E-state index contributed by atoms with van der Waals surface area (Å²) in [4.78, 5) is 18.2. The van der Waals surface area contributed by atoms with Crippen LogP contribution in [0.3, 0.4) is 0 Å². The zero-order valence-corrected chi connectivity index (χ0v) is 20.0. The Kier molecular flexibility index (Phi) is 8.76. The number of nitrogens with zero attached hydrogens (tertiary/aromatic N) is 2. The number of carbonyl (C=O) groups excluding carboxylic acids is 1. The first kappa shape index (κ1) is 24.2. The second kappa shape index (κ2) is 12.0. The number of rotatable bonds is 10. The largest absolute Gasteiger partial charge is 0.456 e. The van der Waals surface area contributed by atoms with E-state index in [-0.39, 0.29) is 5.97 Å². The van der Waals surface area contributed by atoms with Crippen LogP contribution in [0, 0.1) is 18.3 Å². The van der Waals surface area contributed by atoms with Gasteiger partial charge in [0.1, 0.15) is 29.8 Å². The summed E-state index contributed by atoms with van der Waals surface area (Å²) in [5.41, 5.74) is 4.78. The highest BCUT2D eigenvalue weighted by Crippen LogP contribution is 2.26. The Bertz CT molecular complexity index is 1120. The van der Waals surface area contributed by atoms with Crippen LogP contribution in [0.2, 0.25) is 0 Å². The molecular formula is C26H29N4O2S+. The fourth-order valence-corrected chi connectivity index (χ4v) is 4.02. The van der Waals surface area contributed by atoms with Crippen LogP contribution < -0.4 is 10.2 Å². The Morgan fingerprint density at radius 1 is 1.15 bits per heavy atom. The van der Waals surface area contributed by atoms with Crippen molar-refractivity contribution < 1.29 is 14.4 Å². The number of anilines is 1. The van der Waals surface area contributed by atoms with Crippen molar-refractivity contribution in [2.45, 2.75) is 20.8 Å². The Morgan fingerprint density at radius 2 is 1.85 bits per heavy atom. The molecule has 6 nitrogen and oxygen atoms in total. The van der Waals surface area contributed by atoms with Crippen LogP contribution in [-0.4, -0.2) is 37.2 Å². The van der Waals surface area contributed by atoms with Crippen LogP contribution in [-0.2, 0) is 4.74 Å². The maximum absolute atomic E-state index is 12.2. The minimum Gasteiger partial charge on any atom is -0.456 e. The number of hydrogen-bond donors (Lipinski definition) is 2. The molecule has 0 fully saturated rings. The number of aryl methyl sites for hydroxylation is 1. The normalized spacial score (nSPS) is 11.3. The van der Waals surface area contributed by atoms with Crippen molar-refractivity contribution in [3.63, 3.8) is 0 Å². The molecule has 2 aromatic carbocycles. The molecule has 0 aliphatic carbocycles. The molecule has 0 saturated heterocycles. The van der Waals surface area contributed by atoms with Gasteiger partial charge in [-0.05, 0) is 45.0 Å². The predicted octanol–water partition coefficient (Wildman–Crippen LogP) is 4.18. The smallest absolute Gasteiger partial charge is 0.338 e. The van der Waals surface area contributed by atoms with Crippen LogP contribution in [0.25, 0.3) is 16.8 Å². The molecular weight excluding hydrogens is 432 g/mol. The van der Waals surface area contributed by atoms with Crippen LogP contribution in [0.1, 0.15) is 34.8 Å². The monoisotopic (exact) mass is 461 g/mol. The SMILES string of the molecule is CC[NH+](CC)CCOC(=O)c1ccc(N/C=C(/C#N)c2nc(-c3ccc(C)cc3)cs2)cc1. The molecule has 0 saturated carbocycles. The number of likely N-dealkylation sites (N-methyl/N-ethyl adjacent to an activating group) is 1. The van der Waals surface area contributed by atoms with Gasteiger partial charge in [-0.1, -0.05) is 29.8 Å². The Hall–Kier alpha value is -3.47. The van der Waals surface area contributed by atoms with Crippen LogP contribution >= 0.6 is 11.3 Å². The van der Waals surface area contributed by atoms with Crippen molar-refractivity contribution in [3.05, 3.63) is 76.2 Å². The van der Waals surface area contributed by atoms with Gasteiger partial charge in [0.2, 0.25) is 0 Å². The molecule has 33 heavy (non-hydrogen) atoms. The van der Waals surface area contributed by atoms with Gasteiger partial charge in [0.05, 0.1) is 24.3 Å². The molecule has 3 aromatic rings. The molecule has 1 aromatic heterocycles. The number of carbonyl (C=O) groups is 1. The lowest BCUT2D eigenvalue weighted by atomic mass is 10.1. The average Bonchev–Trinajstić information content (AvgIpc) is 3.33. The number of nitrogens with one attached hydrogen (secondary N) is 2. The third-order valence-corrected chi connectivity index (χ3v) is 6.27. The second-order valence-electron chi connectivity index (χ2n) is 7.64. The number of nitriles is 1. The quantitative estimate of drug-likeness (QED) is 0.350. The van der Waals surface area contributed by atoms with Crippen molar-refractivity contribution in [1.82, 2.24) is 4.98 Å². The number of quaternary nitrogens is 1. The molecule has 7 heteroatoms. The van der Waals surface area contributed by atoms with Gasteiger partial charge in [-0.15, -0.1) is 11.3 Å². The van der Waals surface area contributed by atoms with Gasteiger partial charge in [0, 0.05) is 22.8 Å². The summed E-state index contributed by atoms with van der Waals surface area (Å²) in [6, 6.07) is 17.4. The molecule has 170 valence electrons. The first-order valence-electron chi connectivity index (χ1n) is 11.0. The summed E-state index contributed by atoms with van der Waals surface area (Å²) in [6.45, 7) is 9.53. The van der Waals surface area contributed by atoms with Gasteiger partial charge in [0.15, 0.2) is 0 Å². The summed E-state index contributed by atoms with van der Waals surface area (Å²) < 4.78 is 5.38. The van der Waals surface area contributed by atoms with E-state index in [0.29, 0.717) is 22.8 Å². The van der Waals surface area contributed by atoms with Gasteiger partial charge < -0.3 is 15.0 Å². The fraction of sp³-hybridized carbons (Fsp3) is 0.269. The summed E-state index contributed by atoms with van der Waals surface area (Å²) in [5.74, 6) is -0.326. The number of benzene rings is 2. The lowest BCUT2D eigenvalue weighted by Crippen LogP contribution is -3.11. The number of hydrogen-bond acceptors (Lipinski definition) is 6. The average molecular weight is 462 g/mol. The molecule has 0 spiro atoms. The highest BCUT2D eigenvalue weighted by molar-refractivity contribution is 7.11. The number of aromatic nitrogens is 1. The van der Waals surface area contributed by atoms with Crippen molar-refractivity contribution in [3.8, 4) is 17.3 Å². The van der Waals surface area contributed by atoms with E-state index in [1.807, 2.05) is 36.6 Å². The Morgan fingerprint density at radius 3 is 2.48 bits per heavy atom. The first-order valence-corrected chi connectivity index (χ1v) is 11.9. The molecule has 0 bridgehead atoms. The minimum absolute atomic E-state index is 0.326. The zero-order chi connectivity index (χ0) is 23.6. The second-order valence-corrected chi connectivity index (χ2v) is 8.50. The number of ether oxygens (including phenoxy) is 1. The Balaban J connectivity index is 1.60. The fourth-order valence-electron chi connectivity index (χ4n) is 3.23. The van der Waals surface area contributed by atoms with Crippen LogP contribution in [0.15, 0.2) is 60.1 Å². The first-order chi connectivity index (χ1) is 16.0. The van der Waals surface area contributed by atoms with Gasteiger partial charge in [-0.25, -0.2) is 9.78 Å². The molecule has 0 amide bonds. The van der Waals surface area contributed by atoms with Crippen LogP contribution in [0.5, 0.6) is 0 Å². The molecule has 0 aliphatic heterocycles. The third-order valence-electron chi connectivity index (χ3n) is 5.39. The summed E-state index contributed by atoms with van der Waals surface area (Å²) in [6.07, 6.45) is 1.64. The molecule has 2 N–H and O–H groups in total. The maximum atomic E-state index is 12.2. The lowest BCUT2D eigenvalue weighted by molar-refractivity contribution is -0.896. The third kappa shape index (κ3) is 6.75. The van der Waals surface area contributed by atoms with E-state index < -0.39 is 0 Å². The van der Waals surface area contributed by atoms with Crippen molar-refractivity contribution in [1.29, 1.82) is 5.26 Å². The van der Waals surface area contributed by atoms with E-state index in [1.54, 1.807) is 30.5 Å². The van der Waals surface area contributed by atoms with E-state index in [4.69, 9.17) is 4.74 Å². The van der Waals surface area contributed by atoms with Gasteiger partial charge in [-0.3, -0.25) is 0 Å². The van der Waals surface area contributed by atoms with Crippen molar-refractivity contribution in [2.75, 3.05) is 31.6 Å². The molecule has 0 aliphatic rings. The highest BCUT2D eigenvalue weighted by Gasteiger charge is 2.11. The molecule has 0 atom stereocenters. The number of allylic oxidation sites excluding steroid dienone is 1. The van der Waals surface area contributed by atoms with E-state index in [0.717, 1.165) is 36.6 Å². The van der Waals surface area contributed by atoms with E-state index in [2.05, 4.69) is 30.2 Å². The Labute approximate surface area is 199 Å².